The van der Waals surface area contributed by atoms with E-state index < -0.39 is 0 Å². The molecule has 0 spiro atoms. The van der Waals surface area contributed by atoms with Gasteiger partial charge in [0, 0.05) is 23.3 Å². The average molecular weight is 284 g/mol. The van der Waals surface area contributed by atoms with Gasteiger partial charge in [-0.15, -0.1) is 11.6 Å². The van der Waals surface area contributed by atoms with Gasteiger partial charge in [0.05, 0.1) is 6.20 Å². The molecule has 0 unspecified atom stereocenters. The number of alkyl halides is 1. The van der Waals surface area contributed by atoms with Gasteiger partial charge in [0.15, 0.2) is 5.82 Å². The van der Waals surface area contributed by atoms with Crippen LogP contribution in [-0.2, 0) is 5.88 Å². The summed E-state index contributed by atoms with van der Waals surface area (Å²) in [6.45, 7) is 1.96. The van der Waals surface area contributed by atoms with Crippen LogP contribution in [0, 0.1) is 6.92 Å². The topological polar surface area (TPSA) is 30.7 Å². The molecule has 0 atom stereocenters. The molecule has 0 radical (unpaired) electrons. The molecule has 20 heavy (non-hydrogen) atoms. The molecule has 3 aromatic rings. The van der Waals surface area contributed by atoms with E-state index in [1.165, 1.54) is 0 Å². The van der Waals surface area contributed by atoms with Crippen molar-refractivity contribution in [2.24, 2.45) is 0 Å². The maximum Gasteiger partial charge on any atom is 0.153 e. The fourth-order valence-electron chi connectivity index (χ4n) is 2.07. The Morgan fingerprint density at radius 1 is 1.05 bits per heavy atom. The molecule has 0 aliphatic carbocycles. The highest BCUT2D eigenvalue weighted by Gasteiger charge is 2.06. The van der Waals surface area contributed by atoms with E-state index >= 15 is 0 Å². The fourth-order valence-corrected chi connectivity index (χ4v) is 2.36. The lowest BCUT2D eigenvalue weighted by atomic mass is 10.1. The minimum Gasteiger partial charge on any atom is -0.234 e. The molecular formula is C16H14ClN3. The summed E-state index contributed by atoms with van der Waals surface area (Å²) in [5.74, 6) is 1.28. The SMILES string of the molecule is Cc1nc(-n2cc(-c3ccccc3)cn2)ccc1CCl. The van der Waals surface area contributed by atoms with Crippen LogP contribution in [0.15, 0.2) is 54.9 Å². The molecule has 3 nitrogen and oxygen atoms in total. The van der Waals surface area contributed by atoms with Gasteiger partial charge in [0.2, 0.25) is 0 Å². The molecule has 0 saturated carbocycles. The van der Waals surface area contributed by atoms with Crippen molar-refractivity contribution in [2.75, 3.05) is 0 Å². The van der Waals surface area contributed by atoms with E-state index in [-0.39, 0.29) is 0 Å². The van der Waals surface area contributed by atoms with Crippen LogP contribution in [0.1, 0.15) is 11.3 Å². The molecule has 4 heteroatoms. The van der Waals surface area contributed by atoms with Gasteiger partial charge in [0.25, 0.3) is 0 Å². The van der Waals surface area contributed by atoms with Gasteiger partial charge in [-0.3, -0.25) is 0 Å². The second kappa shape index (κ2) is 5.47. The van der Waals surface area contributed by atoms with Gasteiger partial charge in [-0.25, -0.2) is 9.67 Å². The van der Waals surface area contributed by atoms with Gasteiger partial charge in [-0.05, 0) is 24.1 Å². The Hall–Kier alpha value is -2.13. The van der Waals surface area contributed by atoms with Crippen LogP contribution in [-0.4, -0.2) is 14.8 Å². The predicted octanol–water partition coefficient (Wildman–Crippen LogP) is 3.98. The number of benzene rings is 1. The first kappa shape index (κ1) is 12.9. The molecule has 0 amide bonds. The Morgan fingerprint density at radius 3 is 2.55 bits per heavy atom. The lowest BCUT2D eigenvalue weighted by Gasteiger charge is -2.05. The van der Waals surface area contributed by atoms with Crippen molar-refractivity contribution < 1.29 is 0 Å². The molecule has 0 saturated heterocycles. The van der Waals surface area contributed by atoms with Crippen molar-refractivity contribution in [3.8, 4) is 16.9 Å². The predicted molar refractivity (Wildman–Crippen MR) is 81.1 cm³/mol. The van der Waals surface area contributed by atoms with Crippen LogP contribution >= 0.6 is 11.6 Å². The molecule has 0 bridgehead atoms. The quantitative estimate of drug-likeness (QED) is 0.681. The Labute approximate surface area is 122 Å². The minimum atomic E-state index is 0.480. The first-order chi connectivity index (χ1) is 9.78. The maximum atomic E-state index is 5.85. The van der Waals surface area contributed by atoms with Crippen molar-refractivity contribution in [1.82, 2.24) is 14.8 Å². The number of halogens is 1. The van der Waals surface area contributed by atoms with Crippen molar-refractivity contribution in [1.29, 1.82) is 0 Å². The van der Waals surface area contributed by atoms with Gasteiger partial charge < -0.3 is 0 Å². The summed E-state index contributed by atoms with van der Waals surface area (Å²) >= 11 is 5.85. The molecule has 0 aliphatic heterocycles. The molecular weight excluding hydrogens is 270 g/mol. The van der Waals surface area contributed by atoms with Crippen LogP contribution in [0.3, 0.4) is 0 Å². The standard InChI is InChI=1S/C16H14ClN3/c1-12-14(9-17)7-8-16(19-12)20-11-15(10-18-20)13-5-3-2-4-6-13/h2-8,10-11H,9H2,1H3. The number of aromatic nitrogens is 3. The fraction of sp³-hybridized carbons (Fsp3) is 0.125. The molecule has 0 aliphatic rings. The molecule has 2 heterocycles. The summed E-state index contributed by atoms with van der Waals surface area (Å²) in [6.07, 6.45) is 3.83. The van der Waals surface area contributed by atoms with E-state index in [1.807, 2.05) is 49.6 Å². The monoisotopic (exact) mass is 283 g/mol. The molecule has 0 N–H and O–H groups in total. The van der Waals surface area contributed by atoms with E-state index in [4.69, 9.17) is 11.6 Å². The Balaban J connectivity index is 1.96. The van der Waals surface area contributed by atoms with Crippen LogP contribution in [0.4, 0.5) is 0 Å². The normalized spacial score (nSPS) is 10.7. The zero-order chi connectivity index (χ0) is 13.9. The third-order valence-electron chi connectivity index (χ3n) is 3.25. The molecule has 2 aromatic heterocycles. The summed E-state index contributed by atoms with van der Waals surface area (Å²) in [4.78, 5) is 4.54. The van der Waals surface area contributed by atoms with Gasteiger partial charge >= 0.3 is 0 Å². The number of rotatable bonds is 3. The first-order valence-electron chi connectivity index (χ1n) is 6.41. The van der Waals surface area contributed by atoms with Crippen molar-refractivity contribution >= 4 is 11.6 Å². The highest BCUT2D eigenvalue weighted by Crippen LogP contribution is 2.19. The second-order valence-electron chi connectivity index (χ2n) is 4.59. The summed E-state index contributed by atoms with van der Waals surface area (Å²) in [7, 11) is 0. The summed E-state index contributed by atoms with van der Waals surface area (Å²) in [6, 6.07) is 14.1. The summed E-state index contributed by atoms with van der Waals surface area (Å²) in [5, 5.41) is 4.38. The summed E-state index contributed by atoms with van der Waals surface area (Å²) in [5.41, 5.74) is 4.21. The highest BCUT2D eigenvalue weighted by atomic mass is 35.5. The lowest BCUT2D eigenvalue weighted by Crippen LogP contribution is -2.00. The Morgan fingerprint density at radius 2 is 1.85 bits per heavy atom. The number of hydrogen-bond acceptors (Lipinski definition) is 2. The zero-order valence-electron chi connectivity index (χ0n) is 11.1. The van der Waals surface area contributed by atoms with Gasteiger partial charge in [-0.1, -0.05) is 36.4 Å². The van der Waals surface area contributed by atoms with Crippen LogP contribution in [0.5, 0.6) is 0 Å². The van der Waals surface area contributed by atoms with E-state index in [0.29, 0.717) is 5.88 Å². The Bertz CT molecular complexity index is 720. The molecule has 0 fully saturated rings. The lowest BCUT2D eigenvalue weighted by molar-refractivity contribution is 0.838. The van der Waals surface area contributed by atoms with Crippen molar-refractivity contribution in [3.05, 3.63) is 66.1 Å². The van der Waals surface area contributed by atoms with Crippen LogP contribution in [0.2, 0.25) is 0 Å². The average Bonchev–Trinajstić information content (AvgIpc) is 2.98. The van der Waals surface area contributed by atoms with Crippen molar-refractivity contribution in [2.45, 2.75) is 12.8 Å². The van der Waals surface area contributed by atoms with Gasteiger partial charge in [0.1, 0.15) is 0 Å². The Kier molecular flexibility index (Phi) is 3.52. The first-order valence-corrected chi connectivity index (χ1v) is 6.94. The number of pyridine rings is 1. The van der Waals surface area contributed by atoms with E-state index in [1.54, 1.807) is 4.68 Å². The number of hydrogen-bond donors (Lipinski definition) is 0. The van der Waals surface area contributed by atoms with Gasteiger partial charge in [-0.2, -0.15) is 5.10 Å². The molecule has 3 rings (SSSR count). The maximum absolute atomic E-state index is 5.85. The zero-order valence-corrected chi connectivity index (χ0v) is 11.9. The third-order valence-corrected chi connectivity index (χ3v) is 3.54. The largest absolute Gasteiger partial charge is 0.234 e. The molecule has 100 valence electrons. The van der Waals surface area contributed by atoms with E-state index in [0.717, 1.165) is 28.2 Å². The number of nitrogens with zero attached hydrogens (tertiary/aromatic N) is 3. The van der Waals surface area contributed by atoms with E-state index in [2.05, 4.69) is 22.2 Å². The van der Waals surface area contributed by atoms with E-state index in [9.17, 15) is 0 Å². The molecule has 1 aromatic carbocycles. The minimum absolute atomic E-state index is 0.480. The van der Waals surface area contributed by atoms with Crippen LogP contribution in [0.25, 0.3) is 16.9 Å². The third kappa shape index (κ3) is 2.45. The smallest absolute Gasteiger partial charge is 0.153 e. The van der Waals surface area contributed by atoms with Crippen molar-refractivity contribution in [3.63, 3.8) is 0 Å². The second-order valence-corrected chi connectivity index (χ2v) is 4.85. The van der Waals surface area contributed by atoms with Crippen LogP contribution < -0.4 is 0 Å². The highest BCUT2D eigenvalue weighted by molar-refractivity contribution is 6.17. The summed E-state index contributed by atoms with van der Waals surface area (Å²) < 4.78 is 1.79. The number of aryl methyl sites for hydroxylation is 1.